The van der Waals surface area contributed by atoms with E-state index in [1.165, 1.54) is 0 Å². The van der Waals surface area contributed by atoms with Crippen molar-refractivity contribution >= 4 is 0 Å². The van der Waals surface area contributed by atoms with Crippen molar-refractivity contribution in [3.63, 3.8) is 0 Å². The van der Waals surface area contributed by atoms with Gasteiger partial charge in [0.2, 0.25) is 5.88 Å². The first-order valence-corrected chi connectivity index (χ1v) is 12.5. The average molecular weight is 498 g/mol. The second kappa shape index (κ2) is 14.6. The Bertz CT molecular complexity index is 1020. The lowest BCUT2D eigenvalue weighted by molar-refractivity contribution is 0.0100. The monoisotopic (exact) mass is 497 g/mol. The Morgan fingerprint density at radius 2 is 1.72 bits per heavy atom. The third-order valence-corrected chi connectivity index (χ3v) is 5.83. The van der Waals surface area contributed by atoms with Crippen molar-refractivity contribution in [2.75, 3.05) is 47.1 Å². The molecule has 36 heavy (non-hydrogen) atoms. The Hall–Kier alpha value is -2.91. The summed E-state index contributed by atoms with van der Waals surface area (Å²) in [6, 6.07) is 17.4. The number of benzene rings is 2. The van der Waals surface area contributed by atoms with Crippen molar-refractivity contribution in [2.45, 2.75) is 39.3 Å². The number of unbranched alkanes of at least 4 members (excludes halogenated alkanes) is 1. The number of aryl methyl sites for hydroxylation is 1. The van der Waals surface area contributed by atoms with E-state index in [4.69, 9.17) is 24.0 Å². The van der Waals surface area contributed by atoms with Gasteiger partial charge >= 0.3 is 0 Å². The highest BCUT2D eigenvalue weighted by Crippen LogP contribution is 2.32. The summed E-state index contributed by atoms with van der Waals surface area (Å²) in [6.07, 6.45) is 1.45. The van der Waals surface area contributed by atoms with E-state index in [0.29, 0.717) is 51.1 Å². The Kier molecular flexibility index (Phi) is 11.2. The fraction of sp³-hybridized carbons (Fsp3) is 0.464. The van der Waals surface area contributed by atoms with Crippen LogP contribution in [0.1, 0.15) is 31.0 Å². The van der Waals surface area contributed by atoms with Crippen LogP contribution in [0.2, 0.25) is 0 Å². The van der Waals surface area contributed by atoms with E-state index in [0.717, 1.165) is 35.5 Å². The Labute approximate surface area is 214 Å². The van der Waals surface area contributed by atoms with E-state index in [9.17, 15) is 5.11 Å². The molecule has 1 N–H and O–H groups in total. The lowest BCUT2D eigenvalue weighted by Crippen LogP contribution is -2.36. The number of aliphatic hydroxyl groups is 1. The van der Waals surface area contributed by atoms with E-state index in [2.05, 4.69) is 11.8 Å². The maximum absolute atomic E-state index is 10.6. The van der Waals surface area contributed by atoms with Crippen LogP contribution in [0.5, 0.6) is 17.4 Å². The van der Waals surface area contributed by atoms with Crippen LogP contribution in [0.3, 0.4) is 0 Å². The number of rotatable bonds is 16. The summed E-state index contributed by atoms with van der Waals surface area (Å²) in [5, 5.41) is 15.4. The van der Waals surface area contributed by atoms with Crippen LogP contribution in [-0.2, 0) is 16.0 Å². The number of aliphatic hydroxyl groups excluding tert-OH is 1. The van der Waals surface area contributed by atoms with Crippen LogP contribution in [-0.4, -0.2) is 73.0 Å². The number of aromatic nitrogens is 2. The van der Waals surface area contributed by atoms with Gasteiger partial charge in [0, 0.05) is 33.4 Å². The molecule has 0 aliphatic rings. The number of para-hydroxylation sites is 1. The quantitative estimate of drug-likeness (QED) is 0.290. The van der Waals surface area contributed by atoms with E-state index in [-0.39, 0.29) is 0 Å². The molecule has 1 heterocycles. The minimum atomic E-state index is -0.603. The molecule has 0 saturated carbocycles. The van der Waals surface area contributed by atoms with E-state index < -0.39 is 6.10 Å². The molecule has 0 spiro atoms. The summed E-state index contributed by atoms with van der Waals surface area (Å²) in [5.74, 6) is 2.08. The summed E-state index contributed by atoms with van der Waals surface area (Å²) in [5.41, 5.74) is 2.71. The van der Waals surface area contributed by atoms with Gasteiger partial charge in [0.25, 0.3) is 0 Å². The van der Waals surface area contributed by atoms with Gasteiger partial charge in [0.05, 0.1) is 43.4 Å². The van der Waals surface area contributed by atoms with Crippen molar-refractivity contribution in [1.29, 1.82) is 0 Å². The molecule has 8 nitrogen and oxygen atoms in total. The van der Waals surface area contributed by atoms with Gasteiger partial charge < -0.3 is 24.1 Å². The molecule has 0 amide bonds. The predicted molar refractivity (Wildman–Crippen MR) is 140 cm³/mol. The van der Waals surface area contributed by atoms with Crippen LogP contribution < -0.4 is 9.47 Å². The molecule has 2 aromatic carbocycles. The third kappa shape index (κ3) is 8.06. The van der Waals surface area contributed by atoms with E-state index in [1.54, 1.807) is 14.2 Å². The first-order valence-electron chi connectivity index (χ1n) is 12.5. The van der Waals surface area contributed by atoms with Gasteiger partial charge in [-0.2, -0.15) is 5.10 Å². The van der Waals surface area contributed by atoms with Crippen molar-refractivity contribution < 1.29 is 24.1 Å². The zero-order valence-electron chi connectivity index (χ0n) is 21.9. The van der Waals surface area contributed by atoms with Crippen molar-refractivity contribution in [1.82, 2.24) is 14.7 Å². The molecule has 3 aromatic rings. The SMILES string of the molecule is CCCCOCC(O)CN(CCOC)Cc1c(C)nn(-c2ccccc2)c1Oc1ccc(OC)cc1. The van der Waals surface area contributed by atoms with Crippen LogP contribution in [0.4, 0.5) is 0 Å². The molecule has 3 rings (SSSR count). The summed E-state index contributed by atoms with van der Waals surface area (Å²) in [7, 11) is 3.32. The zero-order chi connectivity index (χ0) is 25.8. The normalized spacial score (nSPS) is 12.2. The van der Waals surface area contributed by atoms with E-state index in [1.807, 2.05) is 66.2 Å². The van der Waals surface area contributed by atoms with Crippen molar-refractivity contribution in [3.05, 3.63) is 65.9 Å². The molecule has 0 saturated heterocycles. The third-order valence-electron chi connectivity index (χ3n) is 5.83. The maximum atomic E-state index is 10.6. The fourth-order valence-electron chi connectivity index (χ4n) is 3.82. The number of ether oxygens (including phenoxy) is 4. The minimum Gasteiger partial charge on any atom is -0.497 e. The van der Waals surface area contributed by atoms with E-state index >= 15 is 0 Å². The highest BCUT2D eigenvalue weighted by atomic mass is 16.5. The topological polar surface area (TPSA) is 78.2 Å². The summed E-state index contributed by atoms with van der Waals surface area (Å²) < 4.78 is 24.5. The van der Waals surface area contributed by atoms with Gasteiger partial charge in [-0.1, -0.05) is 31.5 Å². The number of hydrogen-bond donors (Lipinski definition) is 1. The predicted octanol–water partition coefficient (Wildman–Crippen LogP) is 4.61. The lowest BCUT2D eigenvalue weighted by Gasteiger charge is -2.25. The van der Waals surface area contributed by atoms with Gasteiger partial charge in [-0.15, -0.1) is 0 Å². The van der Waals surface area contributed by atoms with Gasteiger partial charge in [-0.3, -0.25) is 4.90 Å². The number of methoxy groups -OCH3 is 2. The van der Waals surface area contributed by atoms with Gasteiger partial charge in [-0.05, 0) is 49.7 Å². The summed E-state index contributed by atoms with van der Waals surface area (Å²) >= 11 is 0. The second-order valence-corrected chi connectivity index (χ2v) is 8.70. The second-order valence-electron chi connectivity index (χ2n) is 8.70. The molecular formula is C28H39N3O5. The van der Waals surface area contributed by atoms with Gasteiger partial charge in [0.15, 0.2) is 0 Å². The van der Waals surface area contributed by atoms with Crippen LogP contribution in [0, 0.1) is 6.92 Å². The average Bonchev–Trinajstić information content (AvgIpc) is 3.20. The molecule has 0 bridgehead atoms. The molecule has 0 radical (unpaired) electrons. The Morgan fingerprint density at radius 1 is 1.00 bits per heavy atom. The molecule has 0 aliphatic heterocycles. The highest BCUT2D eigenvalue weighted by Gasteiger charge is 2.22. The first kappa shape index (κ1) is 27.7. The van der Waals surface area contributed by atoms with Gasteiger partial charge in [0.1, 0.15) is 11.5 Å². The van der Waals surface area contributed by atoms with Crippen LogP contribution >= 0.6 is 0 Å². The standard InChI is InChI=1S/C28H39N3O5/c1-5-6-17-35-21-24(32)19-30(16-18-33-3)20-27-22(2)29-31(23-10-8-7-9-11-23)28(27)36-26-14-12-25(34-4)13-15-26/h7-15,24,32H,5-6,16-21H2,1-4H3. The fourth-order valence-corrected chi connectivity index (χ4v) is 3.82. The molecule has 1 atom stereocenters. The van der Waals surface area contributed by atoms with Crippen molar-refractivity contribution in [3.8, 4) is 23.1 Å². The molecule has 1 aromatic heterocycles. The van der Waals surface area contributed by atoms with Gasteiger partial charge in [-0.25, -0.2) is 4.68 Å². The highest BCUT2D eigenvalue weighted by molar-refractivity contribution is 5.44. The molecule has 0 aliphatic carbocycles. The molecular weight excluding hydrogens is 458 g/mol. The van der Waals surface area contributed by atoms with Crippen molar-refractivity contribution in [2.24, 2.45) is 0 Å². The maximum Gasteiger partial charge on any atom is 0.227 e. The number of nitrogens with zero attached hydrogens (tertiary/aromatic N) is 3. The molecule has 0 fully saturated rings. The largest absolute Gasteiger partial charge is 0.497 e. The zero-order valence-corrected chi connectivity index (χ0v) is 21.9. The Morgan fingerprint density at radius 3 is 2.39 bits per heavy atom. The summed E-state index contributed by atoms with van der Waals surface area (Å²) in [4.78, 5) is 2.15. The molecule has 1 unspecified atom stereocenters. The smallest absolute Gasteiger partial charge is 0.227 e. The number of hydrogen-bond acceptors (Lipinski definition) is 7. The minimum absolute atomic E-state index is 0.306. The summed E-state index contributed by atoms with van der Waals surface area (Å²) in [6.45, 7) is 7.26. The molecule has 196 valence electrons. The molecule has 8 heteroatoms. The lowest BCUT2D eigenvalue weighted by atomic mass is 10.2. The van der Waals surface area contributed by atoms with Crippen LogP contribution in [0.25, 0.3) is 5.69 Å². The van der Waals surface area contributed by atoms with Crippen LogP contribution in [0.15, 0.2) is 54.6 Å². The Balaban J connectivity index is 1.87. The first-order chi connectivity index (χ1) is 17.5.